The van der Waals surface area contributed by atoms with Crippen LogP contribution in [-0.4, -0.2) is 96.7 Å². The molecule has 2 aliphatic rings. The van der Waals surface area contributed by atoms with E-state index in [1.165, 1.54) is 94.9 Å². The van der Waals surface area contributed by atoms with Crippen LogP contribution in [0.3, 0.4) is 0 Å². The van der Waals surface area contributed by atoms with Crippen LogP contribution in [0.1, 0.15) is 36.8 Å². The van der Waals surface area contributed by atoms with Gasteiger partial charge in [0.25, 0.3) is 0 Å². The minimum Gasteiger partial charge on any atom is -0.475 e. The molecule has 3 rings (SSSR count). The molecule has 0 spiro atoms. The van der Waals surface area contributed by atoms with E-state index in [1.807, 2.05) is 0 Å². The maximum Gasteiger partial charge on any atom is 0.490 e. The largest absolute Gasteiger partial charge is 0.490 e. The summed E-state index contributed by atoms with van der Waals surface area (Å²) in [7, 11) is 0. The number of carboxylic acid groups (broad SMARTS) is 2. The van der Waals surface area contributed by atoms with E-state index in [0.717, 1.165) is 0 Å². The van der Waals surface area contributed by atoms with Gasteiger partial charge in [-0.15, -0.1) is 0 Å². The lowest BCUT2D eigenvalue weighted by molar-refractivity contribution is -0.193. The van der Waals surface area contributed by atoms with Gasteiger partial charge in [0, 0.05) is 31.9 Å². The van der Waals surface area contributed by atoms with Crippen molar-refractivity contribution >= 4 is 17.6 Å². The first kappa shape index (κ1) is 32.5. The van der Waals surface area contributed by atoms with Crippen LogP contribution in [0, 0.1) is 13.8 Å². The Morgan fingerprint density at radius 2 is 1.16 bits per heavy atom. The quantitative estimate of drug-likeness (QED) is 0.402. The van der Waals surface area contributed by atoms with Crippen LogP contribution >= 0.6 is 0 Å². The lowest BCUT2D eigenvalue weighted by Gasteiger charge is -2.37. The van der Waals surface area contributed by atoms with Gasteiger partial charge in [-0.2, -0.15) is 26.3 Å². The number of halogens is 6. The SMILES string of the molecule is Cc1ccc(N2CCN(CCCCN3CCCC3)CC2)c(C)c1.O=C(O)C(F)(F)F.O=C(O)C(F)(F)F. The van der Waals surface area contributed by atoms with Crippen LogP contribution in [-0.2, 0) is 9.59 Å². The van der Waals surface area contributed by atoms with Crippen LogP contribution in [0.15, 0.2) is 18.2 Å². The lowest BCUT2D eigenvalue weighted by atomic mass is 10.1. The summed E-state index contributed by atoms with van der Waals surface area (Å²) < 4.78 is 63.5. The van der Waals surface area contributed by atoms with E-state index >= 15 is 0 Å². The number of hydrogen-bond donors (Lipinski definition) is 2. The third-order valence-corrected chi connectivity index (χ3v) is 5.95. The van der Waals surface area contributed by atoms with Crippen molar-refractivity contribution in [3.05, 3.63) is 29.3 Å². The zero-order valence-corrected chi connectivity index (χ0v) is 21.0. The number of piperazine rings is 1. The van der Waals surface area contributed by atoms with E-state index in [0.29, 0.717) is 0 Å². The van der Waals surface area contributed by atoms with Gasteiger partial charge < -0.3 is 20.0 Å². The molecule has 13 heteroatoms. The molecule has 2 fully saturated rings. The van der Waals surface area contributed by atoms with Gasteiger partial charge in [0.2, 0.25) is 0 Å². The predicted octanol–water partition coefficient (Wildman–Crippen LogP) is 4.57. The standard InChI is InChI=1S/C20H33N3.2C2HF3O2/c1-18-7-8-20(19(2)17-18)23-15-13-22(14-16-23)12-6-5-11-21-9-3-4-10-21;2*3-2(4,5)1(6)7/h7-8,17H,3-6,9-16H2,1-2H3;2*(H,6,7). The molecule has 37 heavy (non-hydrogen) atoms. The summed E-state index contributed by atoms with van der Waals surface area (Å²) in [4.78, 5) is 25.7. The van der Waals surface area contributed by atoms with Gasteiger partial charge in [-0.25, -0.2) is 9.59 Å². The van der Waals surface area contributed by atoms with Crippen LogP contribution < -0.4 is 4.90 Å². The number of nitrogens with zero attached hydrogens (tertiary/aromatic N) is 3. The average Bonchev–Trinajstić information content (AvgIpc) is 3.30. The van der Waals surface area contributed by atoms with Gasteiger partial charge in [0.05, 0.1) is 0 Å². The second kappa shape index (κ2) is 15.0. The number of benzene rings is 1. The highest BCUT2D eigenvalue weighted by atomic mass is 19.4. The molecule has 0 saturated carbocycles. The predicted molar refractivity (Wildman–Crippen MR) is 127 cm³/mol. The number of hydrogen-bond acceptors (Lipinski definition) is 5. The zero-order chi connectivity index (χ0) is 28.2. The second-order valence-electron chi connectivity index (χ2n) is 8.98. The Labute approximate surface area is 212 Å². The normalized spacial score (nSPS) is 16.9. The Hall–Kier alpha value is -2.54. The zero-order valence-electron chi connectivity index (χ0n) is 21.0. The minimum atomic E-state index is -5.08. The molecule has 212 valence electrons. The Balaban J connectivity index is 0.000000404. The Kier molecular flexibility index (Phi) is 13.2. The highest BCUT2D eigenvalue weighted by Gasteiger charge is 2.38. The van der Waals surface area contributed by atoms with Gasteiger partial charge in [-0.05, 0) is 77.3 Å². The van der Waals surface area contributed by atoms with Gasteiger partial charge in [0.1, 0.15) is 0 Å². The van der Waals surface area contributed by atoms with Gasteiger partial charge >= 0.3 is 24.3 Å². The van der Waals surface area contributed by atoms with Crippen LogP contribution in [0.25, 0.3) is 0 Å². The summed E-state index contributed by atoms with van der Waals surface area (Å²) in [5.74, 6) is -5.51. The van der Waals surface area contributed by atoms with E-state index in [9.17, 15) is 26.3 Å². The smallest absolute Gasteiger partial charge is 0.475 e. The number of unbranched alkanes of at least 4 members (excludes halogenated alkanes) is 1. The summed E-state index contributed by atoms with van der Waals surface area (Å²) in [6.45, 7) is 14.5. The topological polar surface area (TPSA) is 84.3 Å². The molecule has 0 atom stereocenters. The highest BCUT2D eigenvalue weighted by molar-refractivity contribution is 5.73. The molecule has 2 heterocycles. The summed E-state index contributed by atoms with van der Waals surface area (Å²) in [6, 6.07) is 6.85. The minimum absolute atomic E-state index is 1.18. The molecule has 1 aromatic carbocycles. The maximum atomic E-state index is 10.6. The Morgan fingerprint density at radius 3 is 1.54 bits per heavy atom. The molecule has 1 aromatic rings. The molecule has 7 nitrogen and oxygen atoms in total. The molecular weight excluding hydrogens is 508 g/mol. The number of rotatable bonds is 6. The van der Waals surface area contributed by atoms with Gasteiger partial charge in [-0.3, -0.25) is 4.90 Å². The fourth-order valence-corrected chi connectivity index (χ4v) is 4.05. The van der Waals surface area contributed by atoms with Crippen LogP contribution in [0.4, 0.5) is 32.0 Å². The van der Waals surface area contributed by atoms with E-state index in [4.69, 9.17) is 19.8 Å². The third-order valence-electron chi connectivity index (χ3n) is 5.95. The number of aryl methyl sites for hydroxylation is 2. The van der Waals surface area contributed by atoms with Crippen LogP contribution in [0.5, 0.6) is 0 Å². The number of anilines is 1. The fourth-order valence-electron chi connectivity index (χ4n) is 4.05. The molecule has 0 aromatic heterocycles. The number of carbonyl (C=O) groups is 2. The van der Waals surface area contributed by atoms with Crippen molar-refractivity contribution in [1.29, 1.82) is 0 Å². The summed E-state index contributed by atoms with van der Waals surface area (Å²) in [5.41, 5.74) is 4.22. The van der Waals surface area contributed by atoms with Crippen molar-refractivity contribution in [2.45, 2.75) is 51.9 Å². The highest BCUT2D eigenvalue weighted by Crippen LogP contribution is 2.22. The monoisotopic (exact) mass is 543 g/mol. The summed E-state index contributed by atoms with van der Waals surface area (Å²) in [5, 5.41) is 14.2. The van der Waals surface area contributed by atoms with Crippen molar-refractivity contribution in [2.24, 2.45) is 0 Å². The second-order valence-corrected chi connectivity index (χ2v) is 8.98. The van der Waals surface area contributed by atoms with Crippen molar-refractivity contribution in [1.82, 2.24) is 9.80 Å². The lowest BCUT2D eigenvalue weighted by Crippen LogP contribution is -2.46. The molecule has 2 aliphatic heterocycles. The molecule has 0 aliphatic carbocycles. The fraction of sp³-hybridized carbons (Fsp3) is 0.667. The number of alkyl halides is 6. The van der Waals surface area contributed by atoms with Gasteiger partial charge in [0.15, 0.2) is 0 Å². The van der Waals surface area contributed by atoms with E-state index in [2.05, 4.69) is 46.7 Å². The van der Waals surface area contributed by atoms with E-state index < -0.39 is 24.3 Å². The Bertz CT molecular complexity index is 826. The third kappa shape index (κ3) is 13.0. The molecule has 0 radical (unpaired) electrons. The number of likely N-dealkylation sites (tertiary alicyclic amines) is 1. The first-order valence-electron chi connectivity index (χ1n) is 12.0. The van der Waals surface area contributed by atoms with Crippen molar-refractivity contribution < 1.29 is 46.1 Å². The van der Waals surface area contributed by atoms with Crippen molar-refractivity contribution in [2.75, 3.05) is 57.3 Å². The molecular formula is C24H35F6N3O4. The van der Waals surface area contributed by atoms with E-state index in [1.54, 1.807) is 0 Å². The first-order chi connectivity index (χ1) is 17.1. The maximum absolute atomic E-state index is 10.6. The van der Waals surface area contributed by atoms with Crippen LogP contribution in [0.2, 0.25) is 0 Å². The number of aliphatic carboxylic acids is 2. The Morgan fingerprint density at radius 1 is 0.757 bits per heavy atom. The van der Waals surface area contributed by atoms with Gasteiger partial charge in [-0.1, -0.05) is 17.7 Å². The average molecular weight is 544 g/mol. The van der Waals surface area contributed by atoms with Crippen molar-refractivity contribution in [3.63, 3.8) is 0 Å². The molecule has 2 N–H and O–H groups in total. The number of carboxylic acids is 2. The molecule has 2 saturated heterocycles. The van der Waals surface area contributed by atoms with E-state index in [-0.39, 0.29) is 0 Å². The molecule has 0 unspecified atom stereocenters. The first-order valence-corrected chi connectivity index (χ1v) is 12.0. The molecule has 0 amide bonds. The summed E-state index contributed by atoms with van der Waals surface area (Å²) >= 11 is 0. The summed E-state index contributed by atoms with van der Waals surface area (Å²) in [6.07, 6.45) is -4.60. The van der Waals surface area contributed by atoms with Crippen molar-refractivity contribution in [3.8, 4) is 0 Å². The molecule has 0 bridgehead atoms.